The highest BCUT2D eigenvalue weighted by molar-refractivity contribution is 6.48. The highest BCUT2D eigenvalue weighted by Crippen LogP contribution is 2.60. The van der Waals surface area contributed by atoms with E-state index in [4.69, 9.17) is 32.7 Å². The number of esters is 1. The molecule has 0 aromatic heterocycles. The van der Waals surface area contributed by atoms with Crippen LogP contribution in [-0.4, -0.2) is 5.97 Å². The summed E-state index contributed by atoms with van der Waals surface area (Å²) in [6.07, 6.45) is 0.621. The molecule has 3 atom stereocenters. The first-order valence-corrected chi connectivity index (χ1v) is 11.7. The lowest BCUT2D eigenvalue weighted by Gasteiger charge is -2.14. The van der Waals surface area contributed by atoms with Crippen molar-refractivity contribution in [2.75, 3.05) is 0 Å². The molecular formula is C28H22Cl2FNO3. The first-order chi connectivity index (χ1) is 16.7. The van der Waals surface area contributed by atoms with Crippen molar-refractivity contribution in [2.24, 2.45) is 17.3 Å². The lowest BCUT2D eigenvalue weighted by molar-refractivity contribution is -0.149. The van der Waals surface area contributed by atoms with Crippen molar-refractivity contribution < 1.29 is 18.7 Å². The number of halogens is 3. The van der Waals surface area contributed by atoms with E-state index in [0.29, 0.717) is 21.4 Å². The number of rotatable bonds is 7. The second kappa shape index (κ2) is 10.1. The zero-order valence-electron chi connectivity index (χ0n) is 19.0. The number of nitriles is 1. The van der Waals surface area contributed by atoms with E-state index in [2.05, 4.69) is 0 Å². The number of hydrogen-bond donors (Lipinski definition) is 0. The van der Waals surface area contributed by atoms with Crippen molar-refractivity contribution >= 4 is 34.2 Å². The monoisotopic (exact) mass is 509 g/mol. The highest BCUT2D eigenvalue weighted by atomic mass is 35.5. The molecule has 3 aromatic rings. The van der Waals surface area contributed by atoms with E-state index in [9.17, 15) is 14.4 Å². The van der Waals surface area contributed by atoms with Crippen LogP contribution < -0.4 is 4.74 Å². The van der Waals surface area contributed by atoms with Crippen molar-refractivity contribution in [1.29, 1.82) is 5.26 Å². The normalized spacial score (nSPS) is 19.4. The number of carbonyl (C=O) groups is 1. The van der Waals surface area contributed by atoms with Gasteiger partial charge < -0.3 is 9.47 Å². The molecule has 178 valence electrons. The van der Waals surface area contributed by atoms with Gasteiger partial charge in [-0.3, -0.25) is 4.79 Å². The molecule has 0 radical (unpaired) electrons. The first kappa shape index (κ1) is 24.8. The van der Waals surface area contributed by atoms with Gasteiger partial charge in [-0.05, 0) is 53.3 Å². The quantitative estimate of drug-likeness (QED) is 0.303. The average Bonchev–Trinajstić information content (AvgIpc) is 3.39. The van der Waals surface area contributed by atoms with E-state index in [0.717, 1.165) is 5.56 Å². The van der Waals surface area contributed by atoms with Gasteiger partial charge in [0, 0.05) is 15.6 Å². The van der Waals surface area contributed by atoms with Crippen LogP contribution in [0.2, 0.25) is 5.02 Å². The molecule has 35 heavy (non-hydrogen) atoms. The molecule has 3 aromatic carbocycles. The fourth-order valence-corrected chi connectivity index (χ4v) is 4.42. The minimum atomic E-state index is -1.21. The Morgan fingerprint density at radius 1 is 1.11 bits per heavy atom. The lowest BCUT2D eigenvalue weighted by atomic mass is 10.1. The van der Waals surface area contributed by atoms with Crippen LogP contribution in [0.25, 0.3) is 5.03 Å². The SMILES string of the molecule is CC1(C)[C@H](C(=O)OC(C#N)c2ccc(F)c(Oc3ccccc3)c2)[C@@H]1/C=C(/Cl)c1ccc(Cl)cc1. The molecule has 0 aliphatic heterocycles. The summed E-state index contributed by atoms with van der Waals surface area (Å²) in [5.41, 5.74) is 0.713. The van der Waals surface area contributed by atoms with Gasteiger partial charge >= 0.3 is 5.97 Å². The summed E-state index contributed by atoms with van der Waals surface area (Å²) >= 11 is 12.4. The summed E-state index contributed by atoms with van der Waals surface area (Å²) < 4.78 is 25.5. The lowest BCUT2D eigenvalue weighted by Crippen LogP contribution is -2.14. The maximum atomic E-state index is 14.3. The fraction of sp³-hybridized carbons (Fsp3) is 0.214. The molecular weight excluding hydrogens is 488 g/mol. The highest BCUT2D eigenvalue weighted by Gasteiger charge is 2.62. The number of ether oxygens (including phenoxy) is 2. The largest absolute Gasteiger partial charge is 0.454 e. The van der Waals surface area contributed by atoms with Crippen LogP contribution in [-0.2, 0) is 9.53 Å². The third kappa shape index (κ3) is 5.51. The fourth-order valence-electron chi connectivity index (χ4n) is 4.04. The number of allylic oxidation sites excluding steroid dienone is 1. The van der Waals surface area contributed by atoms with Gasteiger partial charge in [-0.1, -0.05) is 79.5 Å². The van der Waals surface area contributed by atoms with E-state index >= 15 is 0 Å². The van der Waals surface area contributed by atoms with E-state index in [1.165, 1.54) is 18.2 Å². The molecule has 1 fully saturated rings. The minimum Gasteiger partial charge on any atom is -0.454 e. The average molecular weight is 510 g/mol. The van der Waals surface area contributed by atoms with Crippen molar-refractivity contribution in [1.82, 2.24) is 0 Å². The Balaban J connectivity index is 1.49. The summed E-state index contributed by atoms with van der Waals surface area (Å²) in [4.78, 5) is 13.0. The minimum absolute atomic E-state index is 0.0627. The molecule has 0 saturated heterocycles. The number of benzene rings is 3. The Labute approximate surface area is 213 Å². The topological polar surface area (TPSA) is 59.3 Å². The van der Waals surface area contributed by atoms with Crippen LogP contribution >= 0.6 is 23.2 Å². The van der Waals surface area contributed by atoms with Gasteiger partial charge in [0.05, 0.1) is 5.92 Å². The van der Waals surface area contributed by atoms with Gasteiger partial charge in [0.25, 0.3) is 0 Å². The smallest absolute Gasteiger partial charge is 0.311 e. The first-order valence-electron chi connectivity index (χ1n) is 11.0. The van der Waals surface area contributed by atoms with Gasteiger partial charge in [0.1, 0.15) is 11.8 Å². The molecule has 1 unspecified atom stereocenters. The van der Waals surface area contributed by atoms with Gasteiger partial charge in [-0.15, -0.1) is 0 Å². The molecule has 0 bridgehead atoms. The van der Waals surface area contributed by atoms with Gasteiger partial charge in [0.2, 0.25) is 6.10 Å². The summed E-state index contributed by atoms with van der Waals surface area (Å²) in [6.45, 7) is 3.88. The molecule has 0 heterocycles. The van der Waals surface area contributed by atoms with E-state index in [-0.39, 0.29) is 11.7 Å². The van der Waals surface area contributed by atoms with E-state index in [1.54, 1.807) is 48.5 Å². The zero-order chi connectivity index (χ0) is 25.2. The second-order valence-corrected chi connectivity index (χ2v) is 9.74. The van der Waals surface area contributed by atoms with Crippen molar-refractivity contribution in [3.63, 3.8) is 0 Å². The van der Waals surface area contributed by atoms with Gasteiger partial charge in [-0.2, -0.15) is 5.26 Å². The van der Waals surface area contributed by atoms with E-state index < -0.39 is 29.2 Å². The Morgan fingerprint density at radius 3 is 2.46 bits per heavy atom. The molecule has 1 saturated carbocycles. The van der Waals surface area contributed by atoms with Crippen LogP contribution in [0.4, 0.5) is 4.39 Å². The Bertz CT molecular complexity index is 1300. The van der Waals surface area contributed by atoms with Gasteiger partial charge in [0.15, 0.2) is 11.6 Å². The standard InChI is InChI=1S/C28H22Cl2FNO3/c1-28(2)21(15-22(30)17-8-11-19(29)12-9-17)26(28)27(33)35-25(16-32)18-10-13-23(31)24(14-18)34-20-6-4-3-5-7-20/h3-15,21,25-26H,1-2H3/b22-15+/t21-,25?,26-/m0/s1. The van der Waals surface area contributed by atoms with Crippen molar-refractivity contribution in [3.05, 3.63) is 101 Å². The van der Waals surface area contributed by atoms with Crippen LogP contribution in [0.3, 0.4) is 0 Å². The predicted molar refractivity (Wildman–Crippen MR) is 133 cm³/mol. The Hall–Kier alpha value is -3.33. The maximum absolute atomic E-state index is 14.3. The molecule has 1 aliphatic carbocycles. The third-order valence-electron chi connectivity index (χ3n) is 6.19. The molecule has 1 aliphatic rings. The zero-order valence-corrected chi connectivity index (χ0v) is 20.6. The summed E-state index contributed by atoms with van der Waals surface area (Å²) in [6, 6.07) is 21.7. The molecule has 0 amide bonds. The Kier molecular flexibility index (Phi) is 7.16. The third-order valence-corrected chi connectivity index (χ3v) is 6.79. The van der Waals surface area contributed by atoms with Crippen molar-refractivity contribution in [2.45, 2.75) is 20.0 Å². The van der Waals surface area contributed by atoms with Crippen LogP contribution in [0, 0.1) is 34.4 Å². The molecule has 0 spiro atoms. The number of hydrogen-bond acceptors (Lipinski definition) is 4. The van der Waals surface area contributed by atoms with Crippen molar-refractivity contribution in [3.8, 4) is 17.6 Å². The van der Waals surface area contributed by atoms with Crippen LogP contribution in [0.5, 0.6) is 11.5 Å². The number of nitrogens with zero attached hydrogens (tertiary/aromatic N) is 1. The predicted octanol–water partition coefficient (Wildman–Crippen LogP) is 7.93. The van der Waals surface area contributed by atoms with E-state index in [1.807, 2.05) is 32.1 Å². The number of para-hydroxylation sites is 1. The molecule has 7 heteroatoms. The molecule has 4 nitrogen and oxygen atoms in total. The van der Waals surface area contributed by atoms with Gasteiger partial charge in [-0.25, -0.2) is 4.39 Å². The van der Waals surface area contributed by atoms with Crippen LogP contribution in [0.15, 0.2) is 78.9 Å². The second-order valence-electron chi connectivity index (χ2n) is 8.90. The molecule has 4 rings (SSSR count). The summed E-state index contributed by atoms with van der Waals surface area (Å²) in [5, 5.41) is 10.8. The number of carbonyl (C=O) groups excluding carboxylic acids is 1. The summed E-state index contributed by atoms with van der Waals surface area (Å²) in [7, 11) is 0. The molecule has 0 N–H and O–H groups in total. The van der Waals surface area contributed by atoms with Crippen LogP contribution in [0.1, 0.15) is 31.1 Å². The Morgan fingerprint density at radius 2 is 1.80 bits per heavy atom. The maximum Gasteiger partial charge on any atom is 0.311 e. The summed E-state index contributed by atoms with van der Waals surface area (Å²) in [5.74, 6) is -1.36.